The van der Waals surface area contributed by atoms with Crippen molar-refractivity contribution in [1.29, 1.82) is 0 Å². The fraction of sp³-hybridized carbons (Fsp3) is 0.500. The lowest BCUT2D eigenvalue weighted by Gasteiger charge is -2.27. The number of carbonyl (C=O) groups excluding carboxylic acids is 2. The lowest BCUT2D eigenvalue weighted by atomic mass is 10.2. The second kappa shape index (κ2) is 8.72. The minimum absolute atomic E-state index is 0.124. The molecule has 6 nitrogen and oxygen atoms in total. The summed E-state index contributed by atoms with van der Waals surface area (Å²) in [6.07, 6.45) is 4.66. The number of hydrogen-bond donors (Lipinski definition) is 0. The second-order valence-corrected chi connectivity index (χ2v) is 7.11. The number of ether oxygens (including phenoxy) is 3. The van der Waals surface area contributed by atoms with Gasteiger partial charge >= 0.3 is 12.1 Å². The summed E-state index contributed by atoms with van der Waals surface area (Å²) < 4.78 is 16.3. The first-order valence-corrected chi connectivity index (χ1v) is 8.55. The van der Waals surface area contributed by atoms with Crippen molar-refractivity contribution < 1.29 is 23.8 Å². The van der Waals surface area contributed by atoms with Gasteiger partial charge in [0, 0.05) is 6.42 Å². The molecule has 26 heavy (non-hydrogen) atoms. The van der Waals surface area contributed by atoms with Crippen molar-refractivity contribution in [2.75, 3.05) is 13.2 Å². The molecule has 2 atom stereocenters. The summed E-state index contributed by atoms with van der Waals surface area (Å²) in [5.74, 6) is 1.91. The van der Waals surface area contributed by atoms with Gasteiger partial charge in [-0.1, -0.05) is 36.3 Å². The Morgan fingerprint density at radius 1 is 1.27 bits per heavy atom. The largest absolute Gasteiger partial charge is 0.459 e. The van der Waals surface area contributed by atoms with E-state index in [4.69, 9.17) is 20.6 Å². The van der Waals surface area contributed by atoms with Gasteiger partial charge in [-0.25, -0.2) is 9.59 Å². The van der Waals surface area contributed by atoms with Crippen molar-refractivity contribution in [2.45, 2.75) is 51.5 Å². The number of hydrogen-bond acceptors (Lipinski definition) is 5. The van der Waals surface area contributed by atoms with Crippen LogP contribution >= 0.6 is 0 Å². The van der Waals surface area contributed by atoms with Crippen LogP contribution in [-0.2, 0) is 25.6 Å². The molecule has 1 unspecified atom stereocenters. The Morgan fingerprint density at radius 2 is 1.96 bits per heavy atom. The zero-order valence-electron chi connectivity index (χ0n) is 15.4. The summed E-state index contributed by atoms with van der Waals surface area (Å²) in [6, 6.07) is 8.61. The molecule has 0 N–H and O–H groups in total. The Labute approximate surface area is 154 Å². The monoisotopic (exact) mass is 359 g/mol. The highest BCUT2D eigenvalue weighted by atomic mass is 16.6. The zero-order chi connectivity index (χ0) is 19.2. The van der Waals surface area contributed by atoms with Gasteiger partial charge in [-0.2, -0.15) is 0 Å². The van der Waals surface area contributed by atoms with Crippen molar-refractivity contribution in [3.63, 3.8) is 0 Å². The number of likely N-dealkylation sites (tertiary alicyclic amines) is 1. The van der Waals surface area contributed by atoms with Crippen molar-refractivity contribution in [1.82, 2.24) is 4.90 Å². The highest BCUT2D eigenvalue weighted by Crippen LogP contribution is 2.24. The van der Waals surface area contributed by atoms with E-state index in [0.717, 1.165) is 5.56 Å². The van der Waals surface area contributed by atoms with Crippen molar-refractivity contribution >= 4 is 12.1 Å². The molecule has 1 aliphatic heterocycles. The molecule has 140 valence electrons. The fourth-order valence-corrected chi connectivity index (χ4v) is 2.65. The summed E-state index contributed by atoms with van der Waals surface area (Å²) >= 11 is 0. The van der Waals surface area contributed by atoms with Crippen LogP contribution < -0.4 is 0 Å². The van der Waals surface area contributed by atoms with E-state index < -0.39 is 23.7 Å². The van der Waals surface area contributed by atoms with E-state index >= 15 is 0 Å². The predicted molar refractivity (Wildman–Crippen MR) is 96.2 cm³/mol. The molecule has 0 bridgehead atoms. The Morgan fingerprint density at radius 3 is 2.58 bits per heavy atom. The lowest BCUT2D eigenvalue weighted by molar-refractivity contribution is -0.150. The maximum Gasteiger partial charge on any atom is 0.411 e. The van der Waals surface area contributed by atoms with Crippen molar-refractivity contribution in [2.24, 2.45) is 0 Å². The van der Waals surface area contributed by atoms with Crippen LogP contribution in [0.1, 0.15) is 32.8 Å². The van der Waals surface area contributed by atoms with Crippen LogP contribution in [0.4, 0.5) is 4.79 Å². The molecular formula is C20H25NO5. The van der Waals surface area contributed by atoms with Gasteiger partial charge in [0.15, 0.2) is 0 Å². The smallest absolute Gasteiger partial charge is 0.411 e. The molecule has 1 fully saturated rings. The Hall–Kier alpha value is -2.52. The van der Waals surface area contributed by atoms with Crippen LogP contribution in [0, 0.1) is 12.3 Å². The summed E-state index contributed by atoms with van der Waals surface area (Å²) in [5.41, 5.74) is 0.218. The van der Waals surface area contributed by atoms with E-state index in [0.29, 0.717) is 6.42 Å². The number of esters is 1. The topological polar surface area (TPSA) is 65.1 Å². The third-order valence-corrected chi connectivity index (χ3v) is 3.79. The third kappa shape index (κ3) is 5.78. The minimum Gasteiger partial charge on any atom is -0.459 e. The lowest BCUT2D eigenvalue weighted by Crippen LogP contribution is -2.44. The SMILES string of the molecule is C#CCO[C@@H]1CC(C(=O)OCc2ccccc2)N(C(=O)OC(C)(C)C)C1. The van der Waals surface area contributed by atoms with Gasteiger partial charge in [0.1, 0.15) is 24.9 Å². The van der Waals surface area contributed by atoms with Gasteiger partial charge in [0.05, 0.1) is 12.6 Å². The molecule has 1 aliphatic rings. The van der Waals surface area contributed by atoms with E-state index in [-0.39, 0.29) is 25.9 Å². The number of nitrogens with zero attached hydrogens (tertiary/aromatic N) is 1. The molecule has 6 heteroatoms. The fourth-order valence-electron chi connectivity index (χ4n) is 2.65. The van der Waals surface area contributed by atoms with Crippen LogP contribution in [0.3, 0.4) is 0 Å². The Balaban J connectivity index is 2.03. The average molecular weight is 359 g/mol. The number of amides is 1. The highest BCUT2D eigenvalue weighted by molar-refractivity contribution is 5.82. The van der Waals surface area contributed by atoms with Crippen LogP contribution in [0.25, 0.3) is 0 Å². The quantitative estimate of drug-likeness (QED) is 0.597. The van der Waals surface area contributed by atoms with Gasteiger partial charge in [0.25, 0.3) is 0 Å². The van der Waals surface area contributed by atoms with E-state index in [1.807, 2.05) is 30.3 Å². The maximum absolute atomic E-state index is 12.6. The molecule has 0 aromatic heterocycles. The summed E-state index contributed by atoms with van der Waals surface area (Å²) in [5, 5.41) is 0. The third-order valence-electron chi connectivity index (χ3n) is 3.79. The molecule has 1 aromatic rings. The van der Waals surface area contributed by atoms with Crippen molar-refractivity contribution in [3.05, 3.63) is 35.9 Å². The van der Waals surface area contributed by atoms with Gasteiger partial charge in [0.2, 0.25) is 0 Å². The molecule has 0 saturated carbocycles. The standard InChI is InChI=1S/C20H25NO5/c1-5-11-24-16-12-17(21(13-16)19(23)26-20(2,3)4)18(22)25-14-15-9-7-6-8-10-15/h1,6-10,16-17H,11-14H2,2-4H3/t16-,17?/m1/s1. The van der Waals surface area contributed by atoms with Crippen LogP contribution in [0.5, 0.6) is 0 Å². The van der Waals surface area contributed by atoms with Gasteiger partial charge in [-0.15, -0.1) is 6.42 Å². The molecule has 1 heterocycles. The molecule has 1 amide bonds. The van der Waals surface area contributed by atoms with E-state index in [1.54, 1.807) is 20.8 Å². The molecule has 2 rings (SSSR count). The van der Waals surface area contributed by atoms with E-state index in [1.165, 1.54) is 4.90 Å². The summed E-state index contributed by atoms with van der Waals surface area (Å²) in [4.78, 5) is 26.4. The summed E-state index contributed by atoms with van der Waals surface area (Å²) in [6.45, 7) is 5.83. The molecule has 1 saturated heterocycles. The maximum atomic E-state index is 12.6. The average Bonchev–Trinajstić information content (AvgIpc) is 3.02. The van der Waals surface area contributed by atoms with Crippen LogP contribution in [-0.4, -0.2) is 47.9 Å². The molecule has 0 aliphatic carbocycles. The first-order chi connectivity index (χ1) is 12.3. The summed E-state index contributed by atoms with van der Waals surface area (Å²) in [7, 11) is 0. The van der Waals surface area contributed by atoms with Crippen LogP contribution in [0.2, 0.25) is 0 Å². The normalized spacial score (nSPS) is 19.7. The molecule has 0 spiro atoms. The first-order valence-electron chi connectivity index (χ1n) is 8.55. The van der Waals surface area contributed by atoms with Crippen LogP contribution in [0.15, 0.2) is 30.3 Å². The van der Waals surface area contributed by atoms with Gasteiger partial charge in [-0.3, -0.25) is 4.90 Å². The Kier molecular flexibility index (Phi) is 6.64. The van der Waals surface area contributed by atoms with Gasteiger partial charge < -0.3 is 14.2 Å². The number of terminal acetylenes is 1. The van der Waals surface area contributed by atoms with E-state index in [9.17, 15) is 9.59 Å². The van der Waals surface area contributed by atoms with Crippen molar-refractivity contribution in [3.8, 4) is 12.3 Å². The van der Waals surface area contributed by atoms with Gasteiger partial charge in [-0.05, 0) is 26.3 Å². The number of rotatable bonds is 5. The predicted octanol–water partition coefficient (Wildman–Crippen LogP) is 2.76. The molecular weight excluding hydrogens is 334 g/mol. The Bertz CT molecular complexity index is 659. The molecule has 1 aromatic carbocycles. The highest BCUT2D eigenvalue weighted by Gasteiger charge is 2.42. The number of carbonyl (C=O) groups is 2. The van der Waals surface area contributed by atoms with E-state index in [2.05, 4.69) is 5.92 Å². The number of benzene rings is 1. The second-order valence-electron chi connectivity index (χ2n) is 7.11. The zero-order valence-corrected chi connectivity index (χ0v) is 15.4. The minimum atomic E-state index is -0.753. The molecule has 0 radical (unpaired) electrons. The first kappa shape index (κ1) is 19.8.